The summed E-state index contributed by atoms with van der Waals surface area (Å²) in [5.74, 6) is -1.05. The summed E-state index contributed by atoms with van der Waals surface area (Å²) in [5, 5.41) is 5.09. The molecule has 0 spiro atoms. The minimum absolute atomic E-state index is 0.0888. The first-order valence-electron chi connectivity index (χ1n) is 9.99. The average Bonchev–Trinajstić information content (AvgIpc) is 2.67. The summed E-state index contributed by atoms with van der Waals surface area (Å²) < 4.78 is 9.92. The number of hydrazine groups is 1. The second kappa shape index (κ2) is 12.4. The summed E-state index contributed by atoms with van der Waals surface area (Å²) in [6, 6.07) is 8.33. The molecule has 1 atom stereocenters. The lowest BCUT2D eigenvalue weighted by Crippen LogP contribution is -2.53. The highest BCUT2D eigenvalue weighted by molar-refractivity contribution is 5.87. The van der Waals surface area contributed by atoms with Gasteiger partial charge in [-0.1, -0.05) is 44.2 Å². The second-order valence-electron chi connectivity index (χ2n) is 8.28. The van der Waals surface area contributed by atoms with Crippen LogP contribution in [-0.4, -0.2) is 42.3 Å². The molecule has 0 aliphatic carbocycles. The SMILES string of the molecule is CC(C)C[C@H](NC(=O)OC(C)(C)C)C(=O)NNC(=O)OCC(=O)NCc1ccccc1. The molecule has 10 heteroatoms. The third kappa shape index (κ3) is 12.1. The van der Waals surface area contributed by atoms with E-state index in [-0.39, 0.29) is 5.92 Å². The van der Waals surface area contributed by atoms with Crippen LogP contribution >= 0.6 is 0 Å². The minimum atomic E-state index is -1.01. The van der Waals surface area contributed by atoms with Crippen LogP contribution in [-0.2, 0) is 25.6 Å². The monoisotopic (exact) mass is 436 g/mol. The van der Waals surface area contributed by atoms with Crippen molar-refractivity contribution in [1.82, 2.24) is 21.5 Å². The van der Waals surface area contributed by atoms with Crippen molar-refractivity contribution in [2.24, 2.45) is 5.92 Å². The van der Waals surface area contributed by atoms with Crippen LogP contribution in [0.5, 0.6) is 0 Å². The van der Waals surface area contributed by atoms with Crippen LogP contribution in [0.1, 0.15) is 46.6 Å². The zero-order valence-electron chi connectivity index (χ0n) is 18.6. The Morgan fingerprint density at radius 3 is 2.19 bits per heavy atom. The molecule has 0 aliphatic heterocycles. The van der Waals surface area contributed by atoms with E-state index in [9.17, 15) is 19.2 Å². The number of nitrogens with one attached hydrogen (secondary N) is 4. The highest BCUT2D eigenvalue weighted by Crippen LogP contribution is 2.09. The summed E-state index contributed by atoms with van der Waals surface area (Å²) in [5.41, 5.74) is 4.41. The highest BCUT2D eigenvalue weighted by Gasteiger charge is 2.25. The van der Waals surface area contributed by atoms with Crippen molar-refractivity contribution in [3.8, 4) is 0 Å². The smallest absolute Gasteiger partial charge is 0.426 e. The van der Waals surface area contributed by atoms with Gasteiger partial charge in [0.05, 0.1) is 0 Å². The van der Waals surface area contributed by atoms with Gasteiger partial charge in [-0.3, -0.25) is 15.0 Å². The lowest BCUT2D eigenvalue weighted by molar-refractivity contribution is -0.124. The summed E-state index contributed by atoms with van der Waals surface area (Å²) in [6.07, 6.45) is -1.43. The van der Waals surface area contributed by atoms with Crippen LogP contribution in [0.3, 0.4) is 0 Å². The molecule has 172 valence electrons. The zero-order valence-corrected chi connectivity index (χ0v) is 18.6. The van der Waals surface area contributed by atoms with E-state index < -0.39 is 42.3 Å². The van der Waals surface area contributed by atoms with Crippen LogP contribution in [0.4, 0.5) is 9.59 Å². The molecular weight excluding hydrogens is 404 g/mol. The molecule has 31 heavy (non-hydrogen) atoms. The van der Waals surface area contributed by atoms with Crippen molar-refractivity contribution in [3.05, 3.63) is 35.9 Å². The Labute approximate surface area is 182 Å². The normalized spacial score (nSPS) is 11.8. The van der Waals surface area contributed by atoms with Crippen molar-refractivity contribution in [1.29, 1.82) is 0 Å². The topological polar surface area (TPSA) is 135 Å². The van der Waals surface area contributed by atoms with Gasteiger partial charge in [0.25, 0.3) is 11.8 Å². The third-order valence-corrected chi connectivity index (χ3v) is 3.67. The number of benzene rings is 1. The molecule has 1 rings (SSSR count). The number of alkyl carbamates (subject to hydrolysis) is 1. The maximum absolute atomic E-state index is 12.4. The first-order valence-corrected chi connectivity index (χ1v) is 9.99. The molecule has 1 aromatic carbocycles. The Bertz CT molecular complexity index is 746. The molecule has 0 radical (unpaired) electrons. The average molecular weight is 437 g/mol. The molecule has 4 N–H and O–H groups in total. The first kappa shape index (κ1) is 25.7. The van der Waals surface area contributed by atoms with Gasteiger partial charge < -0.3 is 20.1 Å². The molecule has 10 nitrogen and oxygen atoms in total. The second-order valence-corrected chi connectivity index (χ2v) is 8.28. The van der Waals surface area contributed by atoms with Crippen molar-refractivity contribution in [3.63, 3.8) is 0 Å². The van der Waals surface area contributed by atoms with Gasteiger partial charge in [-0.25, -0.2) is 15.0 Å². The maximum atomic E-state index is 12.4. The summed E-state index contributed by atoms with van der Waals surface area (Å²) >= 11 is 0. The van der Waals surface area contributed by atoms with Crippen LogP contribution in [0.25, 0.3) is 0 Å². The number of hydrogen-bond acceptors (Lipinski definition) is 6. The predicted octanol–water partition coefficient (Wildman–Crippen LogP) is 2.00. The Hall–Kier alpha value is -3.30. The quantitative estimate of drug-likeness (QED) is 0.461. The Morgan fingerprint density at radius 2 is 1.61 bits per heavy atom. The van der Waals surface area contributed by atoms with E-state index in [2.05, 4.69) is 21.5 Å². The highest BCUT2D eigenvalue weighted by atomic mass is 16.6. The summed E-state index contributed by atoms with van der Waals surface area (Å²) in [6.45, 7) is 8.67. The minimum Gasteiger partial charge on any atom is -0.444 e. The fourth-order valence-corrected chi connectivity index (χ4v) is 2.37. The van der Waals surface area contributed by atoms with E-state index in [1.165, 1.54) is 0 Å². The summed E-state index contributed by atoms with van der Waals surface area (Å²) in [7, 11) is 0. The molecule has 0 heterocycles. The van der Waals surface area contributed by atoms with E-state index in [0.717, 1.165) is 5.56 Å². The van der Waals surface area contributed by atoms with Crippen molar-refractivity contribution in [2.75, 3.05) is 6.61 Å². The maximum Gasteiger partial charge on any atom is 0.426 e. The van der Waals surface area contributed by atoms with Gasteiger partial charge in [0, 0.05) is 6.54 Å². The van der Waals surface area contributed by atoms with Gasteiger partial charge >= 0.3 is 12.2 Å². The van der Waals surface area contributed by atoms with E-state index >= 15 is 0 Å². The zero-order chi connectivity index (χ0) is 23.4. The number of carbonyl (C=O) groups excluding carboxylic acids is 4. The molecule has 0 aromatic heterocycles. The number of ether oxygens (including phenoxy) is 2. The Balaban J connectivity index is 2.41. The predicted molar refractivity (Wildman–Crippen MR) is 114 cm³/mol. The molecule has 4 amide bonds. The molecule has 0 fully saturated rings. The number of carbonyl (C=O) groups is 4. The van der Waals surface area contributed by atoms with Gasteiger partial charge in [-0.2, -0.15) is 0 Å². The molecule has 0 unspecified atom stereocenters. The lowest BCUT2D eigenvalue weighted by Gasteiger charge is -2.24. The lowest BCUT2D eigenvalue weighted by atomic mass is 10.0. The summed E-state index contributed by atoms with van der Waals surface area (Å²) in [4.78, 5) is 47.8. The molecule has 1 aromatic rings. The number of amides is 4. The standard InChI is InChI=1S/C21H32N4O6/c1-14(2)11-16(23-19(28)31-21(3,4)5)18(27)24-25-20(29)30-13-17(26)22-12-15-9-7-6-8-10-15/h6-10,14,16H,11-13H2,1-5H3,(H,22,26)(H,23,28)(H,24,27)(H,25,29)/t16-/m0/s1. The van der Waals surface area contributed by atoms with Crippen LogP contribution in [0, 0.1) is 5.92 Å². The third-order valence-electron chi connectivity index (χ3n) is 3.67. The van der Waals surface area contributed by atoms with Crippen LogP contribution in [0.15, 0.2) is 30.3 Å². The molecule has 0 saturated carbocycles. The van der Waals surface area contributed by atoms with Gasteiger partial charge in [-0.15, -0.1) is 0 Å². The number of hydrogen-bond donors (Lipinski definition) is 4. The van der Waals surface area contributed by atoms with E-state index in [1.54, 1.807) is 20.8 Å². The Kier molecular flexibility index (Phi) is 10.3. The van der Waals surface area contributed by atoms with Gasteiger partial charge in [0.15, 0.2) is 6.61 Å². The first-order chi connectivity index (χ1) is 14.5. The van der Waals surface area contributed by atoms with Gasteiger partial charge in [0.1, 0.15) is 11.6 Å². The fourth-order valence-electron chi connectivity index (χ4n) is 2.37. The van der Waals surface area contributed by atoms with Crippen LogP contribution < -0.4 is 21.5 Å². The molecule has 0 saturated heterocycles. The van der Waals surface area contributed by atoms with Crippen molar-refractivity contribution in [2.45, 2.75) is 59.2 Å². The molecule has 0 aliphatic rings. The molecular formula is C21H32N4O6. The van der Waals surface area contributed by atoms with Gasteiger partial charge in [-0.05, 0) is 38.7 Å². The fraction of sp³-hybridized carbons (Fsp3) is 0.524. The number of rotatable bonds is 8. The van der Waals surface area contributed by atoms with E-state index in [0.29, 0.717) is 13.0 Å². The van der Waals surface area contributed by atoms with Crippen molar-refractivity contribution < 1.29 is 28.7 Å². The molecule has 0 bridgehead atoms. The Morgan fingerprint density at radius 1 is 0.968 bits per heavy atom. The van der Waals surface area contributed by atoms with E-state index in [4.69, 9.17) is 9.47 Å². The van der Waals surface area contributed by atoms with Crippen LogP contribution in [0.2, 0.25) is 0 Å². The van der Waals surface area contributed by atoms with Gasteiger partial charge in [0.2, 0.25) is 0 Å². The van der Waals surface area contributed by atoms with Crippen molar-refractivity contribution >= 4 is 24.0 Å². The van der Waals surface area contributed by atoms with E-state index in [1.807, 2.05) is 44.2 Å². The largest absolute Gasteiger partial charge is 0.444 e.